The van der Waals surface area contributed by atoms with Crippen LogP contribution in [0.2, 0.25) is 5.02 Å². The Morgan fingerprint density at radius 1 is 1.44 bits per heavy atom. The molecule has 1 amide bonds. The van der Waals surface area contributed by atoms with E-state index in [1.54, 1.807) is 0 Å². The molecule has 0 bridgehead atoms. The largest absolute Gasteiger partial charge is 0.314 e. The lowest BCUT2D eigenvalue weighted by Crippen LogP contribution is -2.31. The van der Waals surface area contributed by atoms with Crippen LogP contribution in [-0.4, -0.2) is 25.0 Å². The van der Waals surface area contributed by atoms with Crippen LogP contribution in [0.15, 0.2) is 18.2 Å². The number of hydrogen-bond acceptors (Lipinski definition) is 2. The quantitative estimate of drug-likeness (QED) is 0.831. The highest BCUT2D eigenvalue weighted by Gasteiger charge is 2.26. The van der Waals surface area contributed by atoms with Crippen molar-refractivity contribution in [2.75, 3.05) is 18.0 Å². The molecule has 0 radical (unpaired) electrons. The van der Waals surface area contributed by atoms with Crippen LogP contribution in [0.25, 0.3) is 0 Å². The van der Waals surface area contributed by atoms with Gasteiger partial charge in [0.05, 0.1) is 6.42 Å². The van der Waals surface area contributed by atoms with Crippen LogP contribution in [0, 0.1) is 0 Å². The summed E-state index contributed by atoms with van der Waals surface area (Å²) >= 11 is 5.99. The van der Waals surface area contributed by atoms with Gasteiger partial charge >= 0.3 is 0 Å². The Kier molecular flexibility index (Phi) is 4.25. The second-order valence-electron chi connectivity index (χ2n) is 4.96. The molecule has 2 rings (SSSR count). The molecule has 0 saturated carbocycles. The first-order valence-corrected chi connectivity index (χ1v) is 6.78. The van der Waals surface area contributed by atoms with Gasteiger partial charge in [0.25, 0.3) is 0 Å². The molecule has 0 saturated heterocycles. The van der Waals surface area contributed by atoms with Crippen LogP contribution >= 0.6 is 11.6 Å². The lowest BCUT2D eigenvalue weighted by molar-refractivity contribution is -0.117. The topological polar surface area (TPSA) is 32.3 Å². The van der Waals surface area contributed by atoms with E-state index in [1.807, 2.05) is 23.1 Å². The third kappa shape index (κ3) is 3.03. The Hall–Kier alpha value is -1.06. The number of carbonyl (C=O) groups excluding carboxylic acids is 1. The van der Waals surface area contributed by atoms with E-state index >= 15 is 0 Å². The van der Waals surface area contributed by atoms with Crippen LogP contribution in [-0.2, 0) is 11.2 Å². The summed E-state index contributed by atoms with van der Waals surface area (Å²) in [5.41, 5.74) is 2.07. The number of nitrogens with zero attached hydrogens (tertiary/aromatic N) is 1. The summed E-state index contributed by atoms with van der Waals surface area (Å²) in [7, 11) is 0. The SMILES string of the molecule is CC(C)NCCCN1C(=O)Cc2ccc(Cl)cc21. The van der Waals surface area contributed by atoms with Gasteiger partial charge in [-0.25, -0.2) is 0 Å². The zero-order valence-electron chi connectivity index (χ0n) is 10.9. The Morgan fingerprint density at radius 2 is 2.22 bits per heavy atom. The summed E-state index contributed by atoms with van der Waals surface area (Å²) in [4.78, 5) is 13.8. The minimum absolute atomic E-state index is 0.178. The number of hydrogen-bond donors (Lipinski definition) is 1. The third-order valence-corrected chi connectivity index (χ3v) is 3.33. The van der Waals surface area contributed by atoms with Crippen molar-refractivity contribution in [3.63, 3.8) is 0 Å². The second-order valence-corrected chi connectivity index (χ2v) is 5.39. The minimum atomic E-state index is 0.178. The number of anilines is 1. The van der Waals surface area contributed by atoms with Crippen LogP contribution in [0.3, 0.4) is 0 Å². The molecular weight excluding hydrogens is 248 g/mol. The molecule has 0 fully saturated rings. The lowest BCUT2D eigenvalue weighted by atomic mass is 10.2. The highest BCUT2D eigenvalue weighted by molar-refractivity contribution is 6.31. The molecule has 0 unspecified atom stereocenters. The van der Waals surface area contributed by atoms with E-state index in [2.05, 4.69) is 19.2 Å². The van der Waals surface area contributed by atoms with E-state index in [1.165, 1.54) is 0 Å². The lowest BCUT2D eigenvalue weighted by Gasteiger charge is -2.18. The molecule has 1 heterocycles. The summed E-state index contributed by atoms with van der Waals surface area (Å²) in [6.07, 6.45) is 1.46. The Labute approximate surface area is 113 Å². The number of benzene rings is 1. The maximum absolute atomic E-state index is 11.9. The van der Waals surface area contributed by atoms with Crippen LogP contribution in [0.1, 0.15) is 25.8 Å². The highest BCUT2D eigenvalue weighted by Crippen LogP contribution is 2.31. The molecule has 1 aliphatic heterocycles. The van der Waals surface area contributed by atoms with Crippen molar-refractivity contribution in [1.82, 2.24) is 5.32 Å². The van der Waals surface area contributed by atoms with Crippen molar-refractivity contribution in [2.24, 2.45) is 0 Å². The molecule has 0 spiro atoms. The average molecular weight is 267 g/mol. The van der Waals surface area contributed by atoms with E-state index in [0.29, 0.717) is 17.5 Å². The van der Waals surface area contributed by atoms with Crippen molar-refractivity contribution in [3.8, 4) is 0 Å². The zero-order valence-corrected chi connectivity index (χ0v) is 11.6. The zero-order chi connectivity index (χ0) is 13.1. The van der Waals surface area contributed by atoms with Gasteiger partial charge in [-0.2, -0.15) is 0 Å². The molecule has 98 valence electrons. The number of carbonyl (C=O) groups is 1. The number of nitrogens with one attached hydrogen (secondary N) is 1. The summed E-state index contributed by atoms with van der Waals surface area (Å²) in [5.74, 6) is 0.178. The Bertz CT molecular complexity index is 445. The van der Waals surface area contributed by atoms with Gasteiger partial charge in [-0.05, 0) is 30.7 Å². The van der Waals surface area contributed by atoms with Crippen LogP contribution in [0.5, 0.6) is 0 Å². The molecule has 0 atom stereocenters. The Morgan fingerprint density at radius 3 is 2.94 bits per heavy atom. The molecule has 3 nitrogen and oxygen atoms in total. The maximum Gasteiger partial charge on any atom is 0.231 e. The van der Waals surface area contributed by atoms with Crippen molar-refractivity contribution in [1.29, 1.82) is 0 Å². The van der Waals surface area contributed by atoms with Gasteiger partial charge in [-0.3, -0.25) is 4.79 Å². The fourth-order valence-corrected chi connectivity index (χ4v) is 2.37. The van der Waals surface area contributed by atoms with Gasteiger partial charge in [0.15, 0.2) is 0 Å². The number of fused-ring (bicyclic) bond motifs is 1. The summed E-state index contributed by atoms with van der Waals surface area (Å²) in [6, 6.07) is 6.16. The summed E-state index contributed by atoms with van der Waals surface area (Å²) < 4.78 is 0. The smallest absolute Gasteiger partial charge is 0.231 e. The van der Waals surface area contributed by atoms with E-state index in [0.717, 1.165) is 30.8 Å². The van der Waals surface area contributed by atoms with E-state index < -0.39 is 0 Å². The molecular formula is C14H19ClN2O. The van der Waals surface area contributed by atoms with Gasteiger partial charge in [0.2, 0.25) is 5.91 Å². The van der Waals surface area contributed by atoms with Crippen molar-refractivity contribution in [3.05, 3.63) is 28.8 Å². The third-order valence-electron chi connectivity index (χ3n) is 3.09. The van der Waals surface area contributed by atoms with Crippen molar-refractivity contribution < 1.29 is 4.79 Å². The predicted octanol–water partition coefficient (Wildman–Crippen LogP) is 2.62. The van der Waals surface area contributed by atoms with E-state index in [-0.39, 0.29) is 5.91 Å². The second kappa shape index (κ2) is 5.72. The van der Waals surface area contributed by atoms with Gasteiger partial charge in [-0.15, -0.1) is 0 Å². The molecule has 4 heteroatoms. The molecule has 1 aliphatic rings. The fourth-order valence-electron chi connectivity index (χ4n) is 2.20. The molecule has 1 N–H and O–H groups in total. The molecule has 0 aliphatic carbocycles. The fraction of sp³-hybridized carbons (Fsp3) is 0.500. The predicted molar refractivity (Wildman–Crippen MR) is 75.3 cm³/mol. The van der Waals surface area contributed by atoms with Crippen molar-refractivity contribution >= 4 is 23.2 Å². The van der Waals surface area contributed by atoms with Crippen LogP contribution < -0.4 is 10.2 Å². The first-order valence-electron chi connectivity index (χ1n) is 6.40. The number of rotatable bonds is 5. The standard InChI is InChI=1S/C14H19ClN2O/c1-10(2)16-6-3-7-17-13-9-12(15)5-4-11(13)8-14(17)18/h4-5,9-10,16H,3,6-8H2,1-2H3. The monoisotopic (exact) mass is 266 g/mol. The van der Waals surface area contributed by atoms with Gasteiger partial charge in [0.1, 0.15) is 0 Å². The minimum Gasteiger partial charge on any atom is -0.314 e. The Balaban J connectivity index is 1.97. The number of halogens is 1. The van der Waals surface area contributed by atoms with Crippen LogP contribution in [0.4, 0.5) is 5.69 Å². The normalized spacial score (nSPS) is 14.4. The van der Waals surface area contributed by atoms with Gasteiger partial charge in [-0.1, -0.05) is 31.5 Å². The average Bonchev–Trinajstić information content (AvgIpc) is 2.60. The van der Waals surface area contributed by atoms with E-state index in [4.69, 9.17) is 11.6 Å². The maximum atomic E-state index is 11.9. The van der Waals surface area contributed by atoms with Gasteiger partial charge < -0.3 is 10.2 Å². The van der Waals surface area contributed by atoms with Gasteiger partial charge in [0, 0.05) is 23.3 Å². The molecule has 1 aromatic carbocycles. The molecule has 18 heavy (non-hydrogen) atoms. The van der Waals surface area contributed by atoms with E-state index in [9.17, 15) is 4.79 Å². The first kappa shape index (κ1) is 13.4. The molecule has 1 aromatic rings. The molecule has 0 aromatic heterocycles. The first-order chi connectivity index (χ1) is 8.58. The van der Waals surface area contributed by atoms with Crippen molar-refractivity contribution in [2.45, 2.75) is 32.7 Å². The summed E-state index contributed by atoms with van der Waals surface area (Å²) in [5, 5.41) is 4.04. The number of amides is 1. The highest BCUT2D eigenvalue weighted by atomic mass is 35.5. The summed E-state index contributed by atoms with van der Waals surface area (Å²) in [6.45, 7) is 5.93.